The Balaban J connectivity index is 1.75. The first-order chi connectivity index (χ1) is 16.8. The van der Waals surface area contributed by atoms with Crippen LogP contribution in [-0.4, -0.2) is 42.1 Å². The smallest absolute Gasteiger partial charge is 0.416 e. The molecule has 0 aliphatic rings. The summed E-state index contributed by atoms with van der Waals surface area (Å²) in [5.41, 5.74) is -0.601. The van der Waals surface area contributed by atoms with Crippen molar-refractivity contribution in [2.45, 2.75) is 39.1 Å². The first-order valence-corrected chi connectivity index (χ1v) is 10.8. The SMILES string of the molecule is COc1cc(-c2nc(Nc3cc(C(F)(F)F)ccc3F)n(CC(C)(C)O)n2)ccc1-n1cnc(C)c1. The van der Waals surface area contributed by atoms with Gasteiger partial charge >= 0.3 is 6.18 Å². The fourth-order valence-electron chi connectivity index (χ4n) is 3.53. The molecule has 0 atom stereocenters. The van der Waals surface area contributed by atoms with E-state index in [9.17, 15) is 22.7 Å². The number of hydrogen-bond donors (Lipinski definition) is 2. The Hall–Kier alpha value is -3.93. The topological polar surface area (TPSA) is 90.0 Å². The van der Waals surface area contributed by atoms with Crippen LogP contribution in [0.25, 0.3) is 17.1 Å². The van der Waals surface area contributed by atoms with Gasteiger partial charge in [0.25, 0.3) is 0 Å². The van der Waals surface area contributed by atoms with Gasteiger partial charge in [-0.2, -0.15) is 18.2 Å². The molecule has 2 aromatic carbocycles. The molecule has 4 aromatic rings. The van der Waals surface area contributed by atoms with Crippen molar-refractivity contribution in [3.8, 4) is 22.8 Å². The van der Waals surface area contributed by atoms with E-state index in [1.807, 2.05) is 13.1 Å². The third kappa shape index (κ3) is 5.48. The van der Waals surface area contributed by atoms with Crippen LogP contribution in [0.4, 0.5) is 29.2 Å². The highest BCUT2D eigenvalue weighted by atomic mass is 19.4. The van der Waals surface area contributed by atoms with Crippen molar-refractivity contribution >= 4 is 11.6 Å². The molecular formula is C24H24F4N6O2. The lowest BCUT2D eigenvalue weighted by Gasteiger charge is -2.18. The van der Waals surface area contributed by atoms with Crippen molar-refractivity contribution in [1.29, 1.82) is 0 Å². The molecule has 0 saturated heterocycles. The van der Waals surface area contributed by atoms with Crippen LogP contribution < -0.4 is 10.1 Å². The second-order valence-corrected chi connectivity index (χ2v) is 8.86. The van der Waals surface area contributed by atoms with Crippen LogP contribution in [0.15, 0.2) is 48.9 Å². The van der Waals surface area contributed by atoms with E-state index in [0.29, 0.717) is 23.4 Å². The van der Waals surface area contributed by atoms with Gasteiger partial charge in [0.05, 0.1) is 48.2 Å². The number of anilines is 2. The van der Waals surface area contributed by atoms with Crippen molar-refractivity contribution in [2.75, 3.05) is 12.4 Å². The number of rotatable bonds is 7. The van der Waals surface area contributed by atoms with Crippen LogP contribution in [0.5, 0.6) is 5.75 Å². The van der Waals surface area contributed by atoms with Gasteiger partial charge in [0.2, 0.25) is 5.95 Å². The molecule has 0 radical (unpaired) electrons. The number of halogens is 4. The first-order valence-electron chi connectivity index (χ1n) is 10.8. The lowest BCUT2D eigenvalue weighted by molar-refractivity contribution is -0.137. The molecule has 2 N–H and O–H groups in total. The van der Waals surface area contributed by atoms with Crippen molar-refractivity contribution in [1.82, 2.24) is 24.3 Å². The summed E-state index contributed by atoms with van der Waals surface area (Å²) >= 11 is 0. The summed E-state index contributed by atoms with van der Waals surface area (Å²) in [6.07, 6.45) is -1.17. The zero-order valence-electron chi connectivity index (χ0n) is 19.9. The molecule has 2 heterocycles. The number of nitrogens with one attached hydrogen (secondary N) is 1. The summed E-state index contributed by atoms with van der Waals surface area (Å²) in [5, 5.41) is 17.3. The molecule has 190 valence electrons. The molecule has 0 aliphatic heterocycles. The third-order valence-corrected chi connectivity index (χ3v) is 5.18. The van der Waals surface area contributed by atoms with E-state index in [-0.39, 0.29) is 18.3 Å². The van der Waals surface area contributed by atoms with E-state index in [4.69, 9.17) is 4.74 Å². The predicted molar refractivity (Wildman–Crippen MR) is 125 cm³/mol. The number of nitrogens with zero attached hydrogens (tertiary/aromatic N) is 5. The molecule has 36 heavy (non-hydrogen) atoms. The van der Waals surface area contributed by atoms with E-state index in [1.165, 1.54) is 25.6 Å². The molecule has 0 unspecified atom stereocenters. The van der Waals surface area contributed by atoms with E-state index in [0.717, 1.165) is 17.4 Å². The van der Waals surface area contributed by atoms with Gasteiger partial charge in [0, 0.05) is 11.8 Å². The summed E-state index contributed by atoms with van der Waals surface area (Å²) in [5.74, 6) is -0.245. The monoisotopic (exact) mass is 504 g/mol. The zero-order valence-corrected chi connectivity index (χ0v) is 19.9. The van der Waals surface area contributed by atoms with Crippen molar-refractivity contribution in [3.05, 3.63) is 66.0 Å². The maximum Gasteiger partial charge on any atom is 0.416 e. The average molecular weight is 504 g/mol. The van der Waals surface area contributed by atoms with Crippen LogP contribution in [0.3, 0.4) is 0 Å². The maximum atomic E-state index is 14.4. The largest absolute Gasteiger partial charge is 0.495 e. The molecular weight excluding hydrogens is 480 g/mol. The normalized spacial score (nSPS) is 12.1. The summed E-state index contributed by atoms with van der Waals surface area (Å²) in [6.45, 7) is 4.87. The maximum absolute atomic E-state index is 14.4. The Morgan fingerprint density at radius 2 is 1.86 bits per heavy atom. The fourth-order valence-corrected chi connectivity index (χ4v) is 3.53. The number of aryl methyl sites for hydroxylation is 1. The zero-order chi connectivity index (χ0) is 26.3. The molecule has 4 rings (SSSR count). The number of imidazole rings is 1. The summed E-state index contributed by atoms with van der Waals surface area (Å²) in [4.78, 5) is 8.59. The van der Waals surface area contributed by atoms with E-state index in [2.05, 4.69) is 20.4 Å². The minimum atomic E-state index is -4.65. The van der Waals surface area contributed by atoms with Gasteiger partial charge in [0.1, 0.15) is 11.6 Å². The molecule has 0 fully saturated rings. The predicted octanol–water partition coefficient (Wildman–Crippen LogP) is 5.12. The van der Waals surface area contributed by atoms with Gasteiger partial charge in [-0.3, -0.25) is 0 Å². The molecule has 0 amide bonds. The number of aromatic nitrogens is 5. The average Bonchev–Trinajstić information content (AvgIpc) is 3.39. The molecule has 8 nitrogen and oxygen atoms in total. The van der Waals surface area contributed by atoms with Crippen LogP contribution in [-0.2, 0) is 12.7 Å². The fraction of sp³-hybridized carbons (Fsp3) is 0.292. The second kappa shape index (κ2) is 9.26. The third-order valence-electron chi connectivity index (χ3n) is 5.18. The van der Waals surface area contributed by atoms with Crippen LogP contribution >= 0.6 is 0 Å². The van der Waals surface area contributed by atoms with Gasteiger partial charge in [-0.15, -0.1) is 5.10 Å². The molecule has 0 spiro atoms. The number of hydrogen-bond acceptors (Lipinski definition) is 6. The highest BCUT2D eigenvalue weighted by Gasteiger charge is 2.31. The Labute approximate surface area is 204 Å². The molecule has 12 heteroatoms. The summed E-state index contributed by atoms with van der Waals surface area (Å²) in [6, 6.07) is 7.26. The molecule has 0 aliphatic carbocycles. The van der Waals surface area contributed by atoms with Crippen LogP contribution in [0.1, 0.15) is 25.1 Å². The minimum Gasteiger partial charge on any atom is -0.495 e. The molecule has 0 bridgehead atoms. The van der Waals surface area contributed by atoms with Crippen molar-refractivity contribution < 1.29 is 27.4 Å². The summed E-state index contributed by atoms with van der Waals surface area (Å²) in [7, 11) is 1.51. The number of aliphatic hydroxyl groups is 1. The first kappa shape index (κ1) is 25.2. The quantitative estimate of drug-likeness (QED) is 0.340. The second-order valence-electron chi connectivity index (χ2n) is 8.86. The number of ether oxygens (including phenoxy) is 1. The van der Waals surface area contributed by atoms with Gasteiger partial charge in [-0.05, 0) is 57.2 Å². The lowest BCUT2D eigenvalue weighted by Crippen LogP contribution is -2.27. The van der Waals surface area contributed by atoms with E-state index >= 15 is 0 Å². The Bertz CT molecular complexity index is 1390. The lowest BCUT2D eigenvalue weighted by atomic mass is 10.1. The molecule has 2 aromatic heterocycles. The Morgan fingerprint density at radius 1 is 1.11 bits per heavy atom. The van der Waals surface area contributed by atoms with Crippen molar-refractivity contribution in [2.24, 2.45) is 0 Å². The number of benzene rings is 2. The highest BCUT2D eigenvalue weighted by Crippen LogP contribution is 2.34. The number of methoxy groups -OCH3 is 1. The Kier molecular flexibility index (Phi) is 6.48. The van der Waals surface area contributed by atoms with Gasteiger partial charge in [-0.25, -0.2) is 14.1 Å². The standard InChI is InChI=1S/C24H24F4N6O2/c1-14-11-33(13-29-14)19-8-5-15(9-20(19)36-4)21-31-22(34(32-21)12-23(2,3)35)30-18-10-16(24(26,27)28)6-7-17(18)25/h5-11,13,35H,12H2,1-4H3,(H,30,31,32). The van der Waals surface area contributed by atoms with Gasteiger partial charge in [0.15, 0.2) is 5.82 Å². The number of alkyl halides is 3. The Morgan fingerprint density at radius 3 is 2.47 bits per heavy atom. The van der Waals surface area contributed by atoms with Gasteiger partial charge in [-0.1, -0.05) is 0 Å². The van der Waals surface area contributed by atoms with E-state index in [1.54, 1.807) is 29.1 Å². The van der Waals surface area contributed by atoms with E-state index < -0.39 is 28.8 Å². The van der Waals surface area contributed by atoms with Crippen LogP contribution in [0.2, 0.25) is 0 Å². The van der Waals surface area contributed by atoms with Crippen LogP contribution in [0, 0.1) is 12.7 Å². The van der Waals surface area contributed by atoms with Crippen molar-refractivity contribution in [3.63, 3.8) is 0 Å². The minimum absolute atomic E-state index is 0.0429. The molecule has 0 saturated carbocycles. The highest BCUT2D eigenvalue weighted by molar-refractivity contribution is 5.65. The summed E-state index contributed by atoms with van der Waals surface area (Å²) < 4.78 is 62.5. The van der Waals surface area contributed by atoms with Gasteiger partial charge < -0.3 is 19.7 Å².